The summed E-state index contributed by atoms with van der Waals surface area (Å²) in [6.07, 6.45) is 5.79. The van der Waals surface area contributed by atoms with E-state index >= 15 is 0 Å². The average molecular weight is 298 g/mol. The minimum Gasteiger partial charge on any atom is -0.307 e. The number of hydrogen-bond donors (Lipinski definition) is 1. The lowest BCUT2D eigenvalue weighted by atomic mass is 10.1. The molecule has 2 aromatic heterocycles. The van der Waals surface area contributed by atoms with Gasteiger partial charge < -0.3 is 5.32 Å². The number of nitrogens with zero attached hydrogens (tertiary/aromatic N) is 5. The first-order chi connectivity index (χ1) is 10.7. The number of likely N-dealkylation sites (tertiary alicyclic amines) is 1. The van der Waals surface area contributed by atoms with Gasteiger partial charge in [0.2, 0.25) is 5.95 Å². The third-order valence-corrected chi connectivity index (χ3v) is 4.02. The molecule has 0 aliphatic carbocycles. The Balaban J connectivity index is 1.91. The molecule has 6 nitrogen and oxygen atoms in total. The molecule has 0 radical (unpaired) electrons. The maximum atomic E-state index is 4.58. The maximum Gasteiger partial charge on any atom is 0.228 e. The molecule has 0 spiro atoms. The average Bonchev–Trinajstić information content (AvgIpc) is 2.95. The topological polar surface area (TPSA) is 66.8 Å². The van der Waals surface area contributed by atoms with Gasteiger partial charge in [0.25, 0.3) is 0 Å². The fourth-order valence-corrected chi connectivity index (χ4v) is 3.09. The molecule has 0 bridgehead atoms. The first-order valence-corrected chi connectivity index (χ1v) is 7.81. The van der Waals surface area contributed by atoms with Crippen molar-refractivity contribution in [2.75, 3.05) is 18.4 Å². The summed E-state index contributed by atoms with van der Waals surface area (Å²) in [5.74, 6) is 1.35. The fraction of sp³-hybridized carbons (Fsp3) is 0.500. The minimum atomic E-state index is 0.326. The van der Waals surface area contributed by atoms with Crippen LogP contribution in [0.3, 0.4) is 0 Å². The van der Waals surface area contributed by atoms with Gasteiger partial charge in [0, 0.05) is 23.8 Å². The highest BCUT2D eigenvalue weighted by Crippen LogP contribution is 2.33. The van der Waals surface area contributed by atoms with Crippen molar-refractivity contribution < 1.29 is 0 Å². The van der Waals surface area contributed by atoms with Crippen molar-refractivity contribution in [2.24, 2.45) is 0 Å². The monoisotopic (exact) mass is 298 g/mol. The second-order valence-electron chi connectivity index (χ2n) is 5.68. The van der Waals surface area contributed by atoms with Crippen LogP contribution in [0.1, 0.15) is 42.9 Å². The summed E-state index contributed by atoms with van der Waals surface area (Å²) < 4.78 is 0. The molecule has 3 heterocycles. The summed E-state index contributed by atoms with van der Waals surface area (Å²) >= 11 is 0. The van der Waals surface area contributed by atoms with Crippen molar-refractivity contribution in [2.45, 2.75) is 39.7 Å². The number of hydrogen-bond acceptors (Lipinski definition) is 6. The van der Waals surface area contributed by atoms with Gasteiger partial charge in [0.1, 0.15) is 5.69 Å². The van der Waals surface area contributed by atoms with Gasteiger partial charge in [-0.25, -0.2) is 15.0 Å². The molecule has 3 rings (SSSR count). The fourth-order valence-electron chi connectivity index (χ4n) is 3.09. The van der Waals surface area contributed by atoms with Gasteiger partial charge in [-0.3, -0.25) is 9.88 Å². The molecule has 0 amide bonds. The molecule has 0 aromatic carbocycles. The molecule has 22 heavy (non-hydrogen) atoms. The van der Waals surface area contributed by atoms with E-state index in [9.17, 15) is 0 Å². The lowest BCUT2D eigenvalue weighted by Crippen LogP contribution is -2.24. The summed E-state index contributed by atoms with van der Waals surface area (Å²) in [4.78, 5) is 20.4. The molecule has 116 valence electrons. The predicted molar refractivity (Wildman–Crippen MR) is 86.0 cm³/mol. The third-order valence-electron chi connectivity index (χ3n) is 4.02. The number of rotatable bonds is 4. The van der Waals surface area contributed by atoms with E-state index in [0.29, 0.717) is 12.0 Å². The number of aromatic nitrogens is 4. The quantitative estimate of drug-likeness (QED) is 0.936. The van der Waals surface area contributed by atoms with Crippen molar-refractivity contribution in [1.29, 1.82) is 0 Å². The Morgan fingerprint density at radius 2 is 1.91 bits per heavy atom. The van der Waals surface area contributed by atoms with Gasteiger partial charge >= 0.3 is 0 Å². The van der Waals surface area contributed by atoms with E-state index in [-0.39, 0.29) is 0 Å². The van der Waals surface area contributed by atoms with Gasteiger partial charge in [-0.1, -0.05) is 6.92 Å². The Morgan fingerprint density at radius 1 is 1.18 bits per heavy atom. The normalized spacial score (nSPS) is 18.6. The van der Waals surface area contributed by atoms with Crippen LogP contribution in [0.2, 0.25) is 0 Å². The van der Waals surface area contributed by atoms with E-state index < -0.39 is 0 Å². The summed E-state index contributed by atoms with van der Waals surface area (Å²) in [5.41, 5.74) is 2.87. The highest BCUT2D eigenvalue weighted by molar-refractivity contribution is 5.52. The van der Waals surface area contributed by atoms with Crippen LogP contribution in [0.4, 0.5) is 11.8 Å². The number of nitrogens with one attached hydrogen (secondary N) is 1. The zero-order valence-corrected chi connectivity index (χ0v) is 13.4. The van der Waals surface area contributed by atoms with Crippen LogP contribution in [0.5, 0.6) is 0 Å². The van der Waals surface area contributed by atoms with Crippen molar-refractivity contribution in [1.82, 2.24) is 24.8 Å². The van der Waals surface area contributed by atoms with Gasteiger partial charge in [-0.2, -0.15) is 0 Å². The van der Waals surface area contributed by atoms with Crippen LogP contribution in [0.25, 0.3) is 0 Å². The van der Waals surface area contributed by atoms with E-state index in [2.05, 4.69) is 37.1 Å². The van der Waals surface area contributed by atoms with Gasteiger partial charge in [-0.05, 0) is 45.8 Å². The smallest absolute Gasteiger partial charge is 0.228 e. The van der Waals surface area contributed by atoms with Gasteiger partial charge in [-0.15, -0.1) is 0 Å². The minimum absolute atomic E-state index is 0.326. The van der Waals surface area contributed by atoms with Crippen molar-refractivity contribution in [3.8, 4) is 0 Å². The highest BCUT2D eigenvalue weighted by Gasteiger charge is 2.28. The Morgan fingerprint density at radius 3 is 2.64 bits per heavy atom. The third kappa shape index (κ3) is 3.06. The first-order valence-electron chi connectivity index (χ1n) is 7.81. The Kier molecular flexibility index (Phi) is 4.29. The van der Waals surface area contributed by atoms with E-state index in [0.717, 1.165) is 42.4 Å². The number of anilines is 2. The second kappa shape index (κ2) is 6.36. The molecular weight excluding hydrogens is 276 g/mol. The zero-order valence-electron chi connectivity index (χ0n) is 13.4. The molecule has 1 unspecified atom stereocenters. The predicted octanol–water partition coefficient (Wildman–Crippen LogP) is 2.78. The number of aryl methyl sites for hydroxylation is 2. The molecule has 1 aliphatic rings. The van der Waals surface area contributed by atoms with Crippen molar-refractivity contribution >= 4 is 11.8 Å². The molecule has 1 fully saturated rings. The standard InChI is InChI=1S/C16H22N6/c1-4-22-9-5-6-13(22)14-15(18-8-7-17-14)21-16-19-11(2)10-12(3)20-16/h7-8,10,13H,4-6,9H2,1-3H3,(H,18,19,20,21). The summed E-state index contributed by atoms with van der Waals surface area (Å²) in [6, 6.07) is 2.28. The van der Waals surface area contributed by atoms with Gasteiger partial charge in [0.05, 0.1) is 6.04 Å². The molecular formula is C16H22N6. The highest BCUT2D eigenvalue weighted by atomic mass is 15.2. The van der Waals surface area contributed by atoms with Crippen molar-refractivity contribution in [3.63, 3.8) is 0 Å². The Hall–Kier alpha value is -2.08. The van der Waals surface area contributed by atoms with E-state index in [1.165, 1.54) is 6.42 Å². The molecule has 1 atom stereocenters. The van der Waals surface area contributed by atoms with Crippen LogP contribution < -0.4 is 5.32 Å². The summed E-state index contributed by atoms with van der Waals surface area (Å²) in [6.45, 7) is 8.27. The zero-order chi connectivity index (χ0) is 15.5. The lowest BCUT2D eigenvalue weighted by Gasteiger charge is -2.23. The van der Waals surface area contributed by atoms with Gasteiger partial charge in [0.15, 0.2) is 5.82 Å². The van der Waals surface area contributed by atoms with Crippen molar-refractivity contribution in [3.05, 3.63) is 35.5 Å². The Bertz CT molecular complexity index is 637. The van der Waals surface area contributed by atoms with Crippen LogP contribution in [0.15, 0.2) is 18.5 Å². The molecule has 1 saturated heterocycles. The van der Waals surface area contributed by atoms with Crippen LogP contribution in [-0.4, -0.2) is 37.9 Å². The molecule has 1 N–H and O–H groups in total. The van der Waals surface area contributed by atoms with E-state index in [4.69, 9.17) is 0 Å². The second-order valence-corrected chi connectivity index (χ2v) is 5.68. The molecule has 0 saturated carbocycles. The lowest BCUT2D eigenvalue weighted by molar-refractivity contribution is 0.267. The maximum absolute atomic E-state index is 4.58. The largest absolute Gasteiger partial charge is 0.307 e. The van der Waals surface area contributed by atoms with Crippen LogP contribution in [0, 0.1) is 13.8 Å². The SMILES string of the molecule is CCN1CCCC1c1nccnc1Nc1nc(C)cc(C)n1. The van der Waals surface area contributed by atoms with Crippen LogP contribution >= 0.6 is 0 Å². The first kappa shape index (κ1) is 14.8. The van der Waals surface area contributed by atoms with E-state index in [1.807, 2.05) is 19.9 Å². The van der Waals surface area contributed by atoms with E-state index in [1.54, 1.807) is 12.4 Å². The molecule has 6 heteroatoms. The summed E-state index contributed by atoms with van der Waals surface area (Å²) in [7, 11) is 0. The summed E-state index contributed by atoms with van der Waals surface area (Å²) in [5, 5.41) is 3.25. The molecule has 1 aliphatic heterocycles. The Labute approximate surface area is 131 Å². The molecule has 2 aromatic rings. The van der Waals surface area contributed by atoms with Crippen LogP contribution in [-0.2, 0) is 0 Å².